The van der Waals surface area contributed by atoms with Crippen molar-refractivity contribution in [2.45, 2.75) is 44.1 Å². The standard InChI is InChI=1S/C47H47FN12O4/c1-49-37-24-42(54-60-41(26-51-44(37)60)46(63)52-36-23-34(36)48)55(2)33-6-4-5-31(21-33)35-13-7-28(25-50-35)27-57-17-19-58(20-18-57)32-11-8-29(9-12-32)30-10-14-38-40(22-30)56(3)47(64)59(38)39-15-16-43(61)53-45(39)62/h4-14,21-22,24-26,34,36,39,49H,15-20,23,27H2,1-3H3,(H,52,63)(H,53,61,62)/t34-,36+,39?/m0/s1. The van der Waals surface area contributed by atoms with Crippen molar-refractivity contribution in [2.75, 3.05) is 55.4 Å². The lowest BCUT2D eigenvalue weighted by Gasteiger charge is -2.36. The highest BCUT2D eigenvalue weighted by molar-refractivity contribution is 6.00. The highest BCUT2D eigenvalue weighted by Crippen LogP contribution is 2.32. The Balaban J connectivity index is 0.764. The third-order valence-corrected chi connectivity index (χ3v) is 12.6. The first-order chi connectivity index (χ1) is 31.0. The van der Waals surface area contributed by atoms with Crippen LogP contribution in [0, 0.1) is 0 Å². The van der Waals surface area contributed by atoms with E-state index >= 15 is 0 Å². The molecule has 7 aromatic rings. The molecular weight excluding hydrogens is 816 g/mol. The molecule has 0 radical (unpaired) electrons. The molecule has 6 heterocycles. The first-order valence-corrected chi connectivity index (χ1v) is 21.5. The van der Waals surface area contributed by atoms with Crippen molar-refractivity contribution in [3.8, 4) is 22.4 Å². The SMILES string of the molecule is CNc1cc(N(C)c2cccc(-c3ccc(CN4CCN(c5ccc(-c6ccc7c(c6)n(C)c(=O)n7C6CCC(=O)NC6=O)cc5)CC4)cn3)c2)nn2c(C(=O)N[C@@H]3C[C@@H]3F)cnc12. The molecule has 0 bridgehead atoms. The summed E-state index contributed by atoms with van der Waals surface area (Å²) >= 11 is 0. The molecule has 1 aliphatic carbocycles. The molecule has 3 fully saturated rings. The van der Waals surface area contributed by atoms with E-state index in [9.17, 15) is 23.6 Å². The molecule has 2 aliphatic heterocycles. The van der Waals surface area contributed by atoms with E-state index in [0.717, 1.165) is 77.6 Å². The van der Waals surface area contributed by atoms with E-state index in [0.29, 0.717) is 35.5 Å². The van der Waals surface area contributed by atoms with E-state index in [4.69, 9.17) is 10.1 Å². The number of nitrogens with zero attached hydrogens (tertiary/aromatic N) is 9. The first kappa shape index (κ1) is 40.7. The van der Waals surface area contributed by atoms with E-state index in [1.54, 1.807) is 18.7 Å². The summed E-state index contributed by atoms with van der Waals surface area (Å²) in [4.78, 5) is 66.6. The number of alkyl halides is 1. The number of fused-ring (bicyclic) bond motifs is 2. The molecule has 3 aliphatic rings. The van der Waals surface area contributed by atoms with E-state index in [1.165, 1.54) is 15.3 Å². The van der Waals surface area contributed by atoms with Crippen LogP contribution in [0.4, 0.5) is 27.3 Å². The number of pyridine rings is 1. The summed E-state index contributed by atoms with van der Waals surface area (Å²) in [6.07, 6.45) is 3.21. The van der Waals surface area contributed by atoms with E-state index < -0.39 is 30.1 Å². The number of hydrogen-bond acceptors (Lipinski definition) is 11. The molecule has 2 saturated heterocycles. The van der Waals surface area contributed by atoms with Crippen LogP contribution in [0.25, 0.3) is 39.1 Å². The van der Waals surface area contributed by atoms with Crippen molar-refractivity contribution in [3.05, 3.63) is 119 Å². The molecule has 10 rings (SSSR count). The van der Waals surface area contributed by atoms with Crippen LogP contribution in [0.2, 0.25) is 0 Å². The van der Waals surface area contributed by atoms with Crippen LogP contribution in [0.5, 0.6) is 0 Å². The molecule has 1 unspecified atom stereocenters. The largest absolute Gasteiger partial charge is 0.385 e. The lowest BCUT2D eigenvalue weighted by Crippen LogP contribution is -2.45. The Kier molecular flexibility index (Phi) is 10.4. The average molecular weight is 863 g/mol. The van der Waals surface area contributed by atoms with Crippen LogP contribution >= 0.6 is 0 Å². The van der Waals surface area contributed by atoms with Crippen LogP contribution in [-0.2, 0) is 23.2 Å². The van der Waals surface area contributed by atoms with Crippen molar-refractivity contribution in [2.24, 2.45) is 7.05 Å². The number of aryl methyl sites for hydroxylation is 1. The molecule has 3 atom stereocenters. The number of amides is 3. The average Bonchev–Trinajstić information content (AvgIpc) is 3.73. The molecule has 64 heavy (non-hydrogen) atoms. The Morgan fingerprint density at radius 2 is 1.67 bits per heavy atom. The summed E-state index contributed by atoms with van der Waals surface area (Å²) in [6, 6.07) is 27.3. The quantitative estimate of drug-likeness (QED) is 0.149. The number of anilines is 4. The van der Waals surface area contributed by atoms with Gasteiger partial charge in [-0.15, -0.1) is 5.10 Å². The predicted molar refractivity (Wildman–Crippen MR) is 243 cm³/mol. The van der Waals surface area contributed by atoms with Crippen LogP contribution < -0.4 is 31.4 Å². The lowest BCUT2D eigenvalue weighted by atomic mass is 10.0. The second-order valence-corrected chi connectivity index (χ2v) is 16.7. The van der Waals surface area contributed by atoms with Crippen molar-refractivity contribution in [3.63, 3.8) is 0 Å². The molecule has 1 saturated carbocycles. The number of piperidine rings is 1. The molecule has 16 nitrogen and oxygen atoms in total. The van der Waals surface area contributed by atoms with Gasteiger partial charge in [0.05, 0.1) is 34.7 Å². The number of imide groups is 1. The van der Waals surface area contributed by atoms with Crippen LogP contribution in [-0.4, -0.2) is 104 Å². The Morgan fingerprint density at radius 1 is 0.891 bits per heavy atom. The van der Waals surface area contributed by atoms with Crippen molar-refractivity contribution in [1.29, 1.82) is 0 Å². The Hall–Kier alpha value is -7.40. The predicted octanol–water partition coefficient (Wildman–Crippen LogP) is 5.06. The summed E-state index contributed by atoms with van der Waals surface area (Å²) in [5.41, 5.74) is 9.49. The van der Waals surface area contributed by atoms with Crippen molar-refractivity contribution < 1.29 is 18.8 Å². The van der Waals surface area contributed by atoms with E-state index in [-0.39, 0.29) is 23.7 Å². The number of carbonyl (C=O) groups is 3. The molecule has 0 spiro atoms. The van der Waals surface area contributed by atoms with Crippen molar-refractivity contribution in [1.82, 2.24) is 44.2 Å². The van der Waals surface area contributed by atoms with E-state index in [2.05, 4.69) is 73.2 Å². The molecule has 3 N–H and O–H groups in total. The highest BCUT2D eigenvalue weighted by atomic mass is 19.1. The van der Waals surface area contributed by atoms with Gasteiger partial charge in [0.25, 0.3) is 5.91 Å². The summed E-state index contributed by atoms with van der Waals surface area (Å²) in [5.74, 6) is -0.588. The number of benzene rings is 3. The van der Waals surface area contributed by atoms with Gasteiger partial charge in [-0.3, -0.25) is 38.7 Å². The maximum Gasteiger partial charge on any atom is 0.329 e. The second-order valence-electron chi connectivity index (χ2n) is 16.7. The maximum atomic E-state index is 13.5. The van der Waals surface area contributed by atoms with Gasteiger partial charge >= 0.3 is 5.69 Å². The molecule has 17 heteroatoms. The molecule has 326 valence electrons. The zero-order valence-electron chi connectivity index (χ0n) is 35.7. The third-order valence-electron chi connectivity index (χ3n) is 12.6. The summed E-state index contributed by atoms with van der Waals surface area (Å²) in [7, 11) is 5.40. The fourth-order valence-corrected chi connectivity index (χ4v) is 8.77. The van der Waals surface area contributed by atoms with Gasteiger partial charge in [-0.25, -0.2) is 18.7 Å². The van der Waals surface area contributed by atoms with Crippen molar-refractivity contribution >= 4 is 57.3 Å². The number of aromatic nitrogens is 6. The number of halogens is 1. The lowest BCUT2D eigenvalue weighted by molar-refractivity contribution is -0.135. The zero-order chi connectivity index (χ0) is 44.2. The zero-order valence-corrected chi connectivity index (χ0v) is 35.7. The van der Waals surface area contributed by atoms with Gasteiger partial charge in [-0.1, -0.05) is 36.4 Å². The molecular formula is C47H47FN12O4. The number of imidazole rings is 2. The summed E-state index contributed by atoms with van der Waals surface area (Å²) < 4.78 is 18.1. The minimum atomic E-state index is -1.01. The Morgan fingerprint density at radius 3 is 2.39 bits per heavy atom. The van der Waals surface area contributed by atoms with Crippen LogP contribution in [0.15, 0.2) is 102 Å². The van der Waals surface area contributed by atoms with Gasteiger partial charge < -0.3 is 20.4 Å². The monoisotopic (exact) mass is 862 g/mol. The number of piperazine rings is 1. The minimum absolute atomic E-state index is 0.200. The van der Waals surface area contributed by atoms with Gasteiger partial charge in [0.15, 0.2) is 17.2 Å². The van der Waals surface area contributed by atoms with Gasteiger partial charge in [0, 0.05) is 95.9 Å². The van der Waals surface area contributed by atoms with Gasteiger partial charge in [-0.2, -0.15) is 0 Å². The van der Waals surface area contributed by atoms with Crippen LogP contribution in [0.1, 0.15) is 41.4 Å². The fraction of sp³-hybridized carbons (Fsp3) is 0.298. The summed E-state index contributed by atoms with van der Waals surface area (Å²) in [6.45, 7) is 4.39. The number of nitrogens with one attached hydrogen (secondary N) is 3. The molecule has 4 aromatic heterocycles. The topological polar surface area (TPSA) is 167 Å². The smallest absolute Gasteiger partial charge is 0.329 e. The first-order valence-electron chi connectivity index (χ1n) is 21.5. The second kappa shape index (κ2) is 16.4. The Bertz CT molecular complexity index is 3010. The number of rotatable bonds is 11. The third kappa shape index (κ3) is 7.61. The minimum Gasteiger partial charge on any atom is -0.385 e. The molecule has 3 amide bonds. The van der Waals surface area contributed by atoms with Gasteiger partial charge in [-0.05, 0) is 65.6 Å². The van der Waals surface area contributed by atoms with Gasteiger partial charge in [0.1, 0.15) is 12.2 Å². The fourth-order valence-electron chi connectivity index (χ4n) is 8.77. The maximum absolute atomic E-state index is 13.5. The number of hydrogen-bond donors (Lipinski definition) is 3. The van der Waals surface area contributed by atoms with E-state index in [1.807, 2.05) is 60.6 Å². The van der Waals surface area contributed by atoms with Gasteiger partial charge in [0.2, 0.25) is 11.8 Å². The normalized spacial score (nSPS) is 18.9. The number of carbonyl (C=O) groups excluding carboxylic acids is 3. The van der Waals surface area contributed by atoms with Crippen LogP contribution in [0.3, 0.4) is 0 Å². The summed E-state index contributed by atoms with van der Waals surface area (Å²) in [5, 5.41) is 13.0. The Labute approximate surface area is 367 Å². The highest BCUT2D eigenvalue weighted by Gasteiger charge is 2.39. The molecule has 3 aromatic carbocycles.